The molecule has 0 atom stereocenters. The zero-order valence-electron chi connectivity index (χ0n) is 17.4. The highest BCUT2D eigenvalue weighted by molar-refractivity contribution is 5.85. The second-order valence-corrected chi connectivity index (χ2v) is 7.59. The number of carbonyl (C=O) groups excluding carboxylic acids is 1. The van der Waals surface area contributed by atoms with E-state index in [0.29, 0.717) is 22.6 Å². The van der Waals surface area contributed by atoms with Gasteiger partial charge in [0, 0.05) is 29.2 Å². The maximum atomic E-state index is 12.0. The van der Waals surface area contributed by atoms with Crippen LogP contribution in [0, 0.1) is 18.8 Å². The first-order valence-electron chi connectivity index (χ1n) is 9.38. The highest BCUT2D eigenvalue weighted by Gasteiger charge is 2.16. The molecule has 0 spiro atoms. The van der Waals surface area contributed by atoms with Crippen LogP contribution in [0.1, 0.15) is 37.6 Å². The molecule has 0 unspecified atom stereocenters. The Morgan fingerprint density at radius 1 is 1.10 bits per heavy atom. The first kappa shape index (κ1) is 20.8. The fraction of sp³-hybridized carbons (Fsp3) is 0.217. The normalized spacial score (nSPS) is 10.7. The maximum Gasteiger partial charge on any atom is 0.412 e. The summed E-state index contributed by atoms with van der Waals surface area (Å²) in [6.07, 6.45) is 2.87. The summed E-state index contributed by atoms with van der Waals surface area (Å²) in [6.45, 7) is 7.27. The van der Waals surface area contributed by atoms with E-state index in [9.17, 15) is 4.79 Å². The Bertz CT molecular complexity index is 1110. The van der Waals surface area contributed by atoms with Crippen molar-refractivity contribution in [2.24, 2.45) is 0 Å². The molecule has 0 fully saturated rings. The summed E-state index contributed by atoms with van der Waals surface area (Å²) in [5.41, 5.74) is 9.50. The maximum absolute atomic E-state index is 12.0. The summed E-state index contributed by atoms with van der Waals surface area (Å²) in [7, 11) is 0. The number of ether oxygens (including phenoxy) is 1. The van der Waals surface area contributed by atoms with Gasteiger partial charge in [-0.25, -0.2) is 14.8 Å². The number of pyridine rings is 1. The average molecular weight is 401 g/mol. The molecule has 0 aliphatic rings. The lowest BCUT2D eigenvalue weighted by molar-refractivity contribution is 0.0636. The molecule has 0 aliphatic carbocycles. The zero-order chi connectivity index (χ0) is 21.7. The number of carbonyl (C=O) groups is 1. The number of amides is 1. The van der Waals surface area contributed by atoms with Gasteiger partial charge in [0.1, 0.15) is 5.60 Å². The lowest BCUT2D eigenvalue weighted by Crippen LogP contribution is -2.27. The zero-order valence-corrected chi connectivity index (χ0v) is 17.4. The average Bonchev–Trinajstić information content (AvgIpc) is 2.66. The predicted octanol–water partition coefficient (Wildman–Crippen LogP) is 4.18. The van der Waals surface area contributed by atoms with Crippen molar-refractivity contribution in [3.05, 3.63) is 65.6 Å². The number of hydrogen-bond acceptors (Lipinski definition) is 6. The van der Waals surface area contributed by atoms with Gasteiger partial charge in [0.25, 0.3) is 0 Å². The summed E-state index contributed by atoms with van der Waals surface area (Å²) in [4.78, 5) is 24.7. The molecule has 7 heteroatoms. The Balaban J connectivity index is 1.90. The molecular formula is C23H23N5O2. The van der Waals surface area contributed by atoms with Gasteiger partial charge < -0.3 is 10.5 Å². The summed E-state index contributed by atoms with van der Waals surface area (Å²) in [5.74, 6) is 6.39. The van der Waals surface area contributed by atoms with Crippen LogP contribution in [0.3, 0.4) is 0 Å². The SMILES string of the molecule is Cc1nc(N)nc(-c2ccc(NC(=O)OC(C)(C)C)cc2)c1C#Cc1cccnc1. The third-order valence-corrected chi connectivity index (χ3v) is 3.90. The van der Waals surface area contributed by atoms with E-state index in [1.165, 1.54) is 0 Å². The fourth-order valence-corrected chi connectivity index (χ4v) is 2.66. The van der Waals surface area contributed by atoms with Gasteiger partial charge in [-0.15, -0.1) is 0 Å². The molecule has 0 saturated heterocycles. The number of nitrogens with zero attached hydrogens (tertiary/aromatic N) is 3. The van der Waals surface area contributed by atoms with Crippen LogP contribution in [0.25, 0.3) is 11.3 Å². The van der Waals surface area contributed by atoms with Crippen LogP contribution >= 0.6 is 0 Å². The Labute approximate surface area is 175 Å². The number of rotatable bonds is 2. The van der Waals surface area contributed by atoms with Crippen LogP contribution < -0.4 is 11.1 Å². The third-order valence-electron chi connectivity index (χ3n) is 3.90. The minimum atomic E-state index is -0.568. The van der Waals surface area contributed by atoms with Crippen LogP contribution in [0.5, 0.6) is 0 Å². The second kappa shape index (κ2) is 8.62. The molecule has 30 heavy (non-hydrogen) atoms. The molecule has 3 rings (SSSR count). The van der Waals surface area contributed by atoms with E-state index < -0.39 is 11.7 Å². The van der Waals surface area contributed by atoms with E-state index in [-0.39, 0.29) is 5.95 Å². The quantitative estimate of drug-likeness (QED) is 0.625. The van der Waals surface area contributed by atoms with Gasteiger partial charge in [0.05, 0.1) is 17.0 Å². The van der Waals surface area contributed by atoms with Gasteiger partial charge in [-0.05, 0) is 52.0 Å². The fourth-order valence-electron chi connectivity index (χ4n) is 2.66. The smallest absolute Gasteiger partial charge is 0.412 e. The molecule has 0 aliphatic heterocycles. The summed E-state index contributed by atoms with van der Waals surface area (Å²) < 4.78 is 5.27. The van der Waals surface area contributed by atoms with Crippen molar-refractivity contribution in [1.82, 2.24) is 15.0 Å². The Morgan fingerprint density at radius 2 is 1.83 bits per heavy atom. The number of nitrogen functional groups attached to an aromatic ring is 1. The standard InChI is InChI=1S/C23H23N5O2/c1-15-19(12-7-16-6-5-13-25-14-16)20(28-21(24)26-15)17-8-10-18(11-9-17)27-22(29)30-23(2,3)4/h5-6,8-11,13-14H,1-4H3,(H,27,29)(H2,24,26,28). The summed E-state index contributed by atoms with van der Waals surface area (Å²) >= 11 is 0. The molecular weight excluding hydrogens is 378 g/mol. The van der Waals surface area contributed by atoms with Crippen molar-refractivity contribution in [3.8, 4) is 23.1 Å². The lowest BCUT2D eigenvalue weighted by Gasteiger charge is -2.19. The predicted molar refractivity (Wildman–Crippen MR) is 117 cm³/mol. The molecule has 2 aromatic heterocycles. The molecule has 0 radical (unpaired) electrons. The Hall–Kier alpha value is -3.92. The minimum Gasteiger partial charge on any atom is -0.444 e. The molecule has 3 N–H and O–H groups in total. The summed E-state index contributed by atoms with van der Waals surface area (Å²) in [6, 6.07) is 10.9. The molecule has 0 bridgehead atoms. The highest BCUT2D eigenvalue weighted by Crippen LogP contribution is 2.25. The van der Waals surface area contributed by atoms with Crippen LogP contribution in [-0.2, 0) is 4.74 Å². The molecule has 3 aromatic rings. The van der Waals surface area contributed by atoms with Gasteiger partial charge in [-0.3, -0.25) is 10.3 Å². The van der Waals surface area contributed by atoms with Crippen LogP contribution in [0.4, 0.5) is 16.4 Å². The van der Waals surface area contributed by atoms with Gasteiger partial charge >= 0.3 is 6.09 Å². The first-order chi connectivity index (χ1) is 14.2. The molecule has 2 heterocycles. The number of aromatic nitrogens is 3. The van der Waals surface area contributed by atoms with Crippen molar-refractivity contribution < 1.29 is 9.53 Å². The van der Waals surface area contributed by atoms with E-state index in [1.54, 1.807) is 24.5 Å². The van der Waals surface area contributed by atoms with E-state index >= 15 is 0 Å². The van der Waals surface area contributed by atoms with Gasteiger partial charge in [0.2, 0.25) is 5.95 Å². The van der Waals surface area contributed by atoms with Gasteiger partial charge in [-0.2, -0.15) is 0 Å². The monoisotopic (exact) mass is 401 g/mol. The van der Waals surface area contributed by atoms with Crippen molar-refractivity contribution in [2.45, 2.75) is 33.3 Å². The Morgan fingerprint density at radius 3 is 2.47 bits per heavy atom. The van der Waals surface area contributed by atoms with E-state index in [0.717, 1.165) is 11.1 Å². The van der Waals surface area contributed by atoms with E-state index in [4.69, 9.17) is 10.5 Å². The Kier molecular flexibility index (Phi) is 5.98. The topological polar surface area (TPSA) is 103 Å². The van der Waals surface area contributed by atoms with Crippen molar-refractivity contribution >= 4 is 17.7 Å². The second-order valence-electron chi connectivity index (χ2n) is 7.59. The number of aryl methyl sites for hydroxylation is 1. The number of nitrogens with one attached hydrogen (secondary N) is 1. The van der Waals surface area contributed by atoms with Crippen molar-refractivity contribution in [3.63, 3.8) is 0 Å². The van der Waals surface area contributed by atoms with Gasteiger partial charge in [0.15, 0.2) is 0 Å². The van der Waals surface area contributed by atoms with E-state index in [2.05, 4.69) is 32.1 Å². The third kappa shape index (κ3) is 5.55. The number of hydrogen-bond donors (Lipinski definition) is 2. The van der Waals surface area contributed by atoms with Crippen LogP contribution in [-0.4, -0.2) is 26.6 Å². The van der Waals surface area contributed by atoms with Crippen molar-refractivity contribution in [2.75, 3.05) is 11.1 Å². The van der Waals surface area contributed by atoms with Gasteiger partial charge in [-0.1, -0.05) is 24.0 Å². The molecule has 7 nitrogen and oxygen atoms in total. The largest absolute Gasteiger partial charge is 0.444 e. The number of anilines is 2. The highest BCUT2D eigenvalue weighted by atomic mass is 16.6. The molecule has 1 amide bonds. The van der Waals surface area contributed by atoms with Crippen LogP contribution in [0.15, 0.2) is 48.8 Å². The van der Waals surface area contributed by atoms with Crippen molar-refractivity contribution in [1.29, 1.82) is 0 Å². The molecule has 1 aromatic carbocycles. The first-order valence-corrected chi connectivity index (χ1v) is 9.38. The minimum absolute atomic E-state index is 0.172. The van der Waals surface area contributed by atoms with Crippen LogP contribution in [0.2, 0.25) is 0 Å². The number of benzene rings is 1. The molecule has 0 saturated carbocycles. The van der Waals surface area contributed by atoms with E-state index in [1.807, 2.05) is 52.0 Å². The number of nitrogens with two attached hydrogens (primary N) is 1. The lowest BCUT2D eigenvalue weighted by atomic mass is 10.0. The molecule has 152 valence electrons. The summed E-state index contributed by atoms with van der Waals surface area (Å²) in [5, 5.41) is 2.71.